The largest absolute Gasteiger partial charge is 0.490 e. The molecule has 0 unspecified atom stereocenters. The molecule has 9 nitrogen and oxygen atoms in total. The van der Waals surface area contributed by atoms with E-state index < -0.39 is 28.6 Å². The Labute approximate surface area is 254 Å². The van der Waals surface area contributed by atoms with E-state index in [1.54, 1.807) is 49.6 Å². The van der Waals surface area contributed by atoms with Gasteiger partial charge in [0.15, 0.2) is 0 Å². The lowest BCUT2D eigenvalue weighted by atomic mass is 9.82. The van der Waals surface area contributed by atoms with E-state index in [0.717, 1.165) is 29.5 Å². The highest BCUT2D eigenvalue weighted by Crippen LogP contribution is 2.45. The first-order chi connectivity index (χ1) is 21.0. The zero-order valence-electron chi connectivity index (χ0n) is 24.7. The van der Waals surface area contributed by atoms with Gasteiger partial charge in [-0.2, -0.15) is 0 Å². The molecule has 3 heterocycles. The van der Waals surface area contributed by atoms with Crippen LogP contribution in [0.15, 0.2) is 67.0 Å². The molecule has 44 heavy (non-hydrogen) atoms. The highest BCUT2D eigenvalue weighted by atomic mass is 19.1. The minimum atomic E-state index is -1.67. The van der Waals surface area contributed by atoms with Crippen LogP contribution < -0.4 is 20.5 Å². The molecule has 6 rings (SSSR count). The first-order valence-electron chi connectivity index (χ1n) is 14.4. The number of nitrogens with zero attached hydrogens (tertiary/aromatic N) is 2. The van der Waals surface area contributed by atoms with Crippen LogP contribution in [-0.2, 0) is 15.8 Å². The molecule has 1 aliphatic heterocycles. The Morgan fingerprint density at radius 3 is 2.59 bits per heavy atom. The average Bonchev–Trinajstić information content (AvgIpc) is 3.76. The van der Waals surface area contributed by atoms with Crippen molar-refractivity contribution in [2.75, 3.05) is 13.2 Å². The number of fused-ring (bicyclic) bond motifs is 1. The molecule has 10 heteroatoms. The topological polar surface area (TPSA) is 137 Å². The fourth-order valence-corrected chi connectivity index (χ4v) is 5.21. The van der Waals surface area contributed by atoms with E-state index in [9.17, 15) is 19.1 Å². The van der Waals surface area contributed by atoms with Gasteiger partial charge in [0.05, 0.1) is 18.3 Å². The summed E-state index contributed by atoms with van der Waals surface area (Å²) in [6.07, 6.45) is 5.53. The van der Waals surface area contributed by atoms with Gasteiger partial charge in [-0.05, 0) is 93.8 Å². The molecule has 0 bridgehead atoms. The number of hydrogen-bond donors (Lipinski definition) is 3. The smallest absolute Gasteiger partial charge is 0.251 e. The third-order valence-electron chi connectivity index (χ3n) is 8.27. The normalized spacial score (nSPS) is 18.6. The lowest BCUT2D eigenvalue weighted by Gasteiger charge is -2.26. The number of hydrogen-bond acceptors (Lipinski definition) is 7. The summed E-state index contributed by atoms with van der Waals surface area (Å²) in [7, 11) is 0. The molecule has 2 amide bonds. The van der Waals surface area contributed by atoms with Gasteiger partial charge in [-0.25, -0.2) is 9.37 Å². The van der Waals surface area contributed by atoms with Crippen molar-refractivity contribution in [2.45, 2.75) is 50.7 Å². The van der Waals surface area contributed by atoms with Crippen LogP contribution in [0.1, 0.15) is 53.9 Å². The molecule has 1 aliphatic carbocycles. The number of carbonyl (C=O) groups is 2. The number of aryl methyl sites for hydroxylation is 1. The first kappa shape index (κ1) is 29.3. The van der Waals surface area contributed by atoms with Crippen LogP contribution in [-0.4, -0.2) is 46.1 Å². The molecule has 0 saturated heterocycles. The number of pyridine rings is 2. The third kappa shape index (κ3) is 5.48. The van der Waals surface area contributed by atoms with Gasteiger partial charge in [0.1, 0.15) is 40.6 Å². The lowest BCUT2D eigenvalue weighted by Crippen LogP contribution is -2.41. The van der Waals surface area contributed by atoms with Crippen LogP contribution in [0.4, 0.5) is 4.39 Å². The second-order valence-corrected chi connectivity index (χ2v) is 11.9. The van der Waals surface area contributed by atoms with Gasteiger partial charge >= 0.3 is 0 Å². The fourth-order valence-electron chi connectivity index (χ4n) is 5.21. The number of aliphatic hydroxyl groups is 1. The van der Waals surface area contributed by atoms with Gasteiger partial charge in [-0.1, -0.05) is 0 Å². The number of aromatic nitrogens is 2. The minimum absolute atomic E-state index is 0.00427. The maximum atomic E-state index is 13.7. The molecule has 4 aromatic rings. The van der Waals surface area contributed by atoms with Crippen molar-refractivity contribution in [3.8, 4) is 33.9 Å². The van der Waals surface area contributed by atoms with Crippen LogP contribution in [0.2, 0.25) is 0 Å². The molecule has 2 atom stereocenters. The number of amides is 2. The van der Waals surface area contributed by atoms with Gasteiger partial charge < -0.3 is 25.6 Å². The van der Waals surface area contributed by atoms with E-state index in [1.807, 2.05) is 19.1 Å². The predicted octanol–water partition coefficient (Wildman–Crippen LogP) is 4.57. The summed E-state index contributed by atoms with van der Waals surface area (Å²) < 4.78 is 25.8. The Kier molecular flexibility index (Phi) is 7.33. The quantitative estimate of drug-likeness (QED) is 0.257. The van der Waals surface area contributed by atoms with Crippen molar-refractivity contribution >= 4 is 11.8 Å². The zero-order chi connectivity index (χ0) is 31.2. The molecule has 2 aliphatic rings. The number of nitrogens with two attached hydrogens (primary N) is 1. The number of rotatable bonds is 9. The molecular weight excluding hydrogens is 563 g/mol. The molecule has 4 N–H and O–H groups in total. The highest BCUT2D eigenvalue weighted by molar-refractivity contribution is 5.96. The Bertz CT molecular complexity index is 1770. The van der Waals surface area contributed by atoms with Crippen molar-refractivity contribution in [1.29, 1.82) is 0 Å². The van der Waals surface area contributed by atoms with E-state index >= 15 is 0 Å². The Morgan fingerprint density at radius 1 is 1.16 bits per heavy atom. The van der Waals surface area contributed by atoms with E-state index in [-0.39, 0.29) is 24.9 Å². The van der Waals surface area contributed by atoms with E-state index in [2.05, 4.69) is 15.3 Å². The average molecular weight is 597 g/mol. The molecule has 1 fully saturated rings. The Balaban J connectivity index is 1.30. The number of carbonyl (C=O) groups excluding carboxylic acids is 2. The van der Waals surface area contributed by atoms with Crippen LogP contribution in [0.25, 0.3) is 22.4 Å². The summed E-state index contributed by atoms with van der Waals surface area (Å²) in [4.78, 5) is 34.8. The fraction of sp³-hybridized carbons (Fsp3) is 0.294. The monoisotopic (exact) mass is 596 g/mol. The van der Waals surface area contributed by atoms with Crippen LogP contribution in [0.3, 0.4) is 0 Å². The van der Waals surface area contributed by atoms with Crippen LogP contribution in [0, 0.1) is 12.7 Å². The minimum Gasteiger partial charge on any atom is -0.490 e. The van der Waals surface area contributed by atoms with Gasteiger partial charge in [0.2, 0.25) is 5.91 Å². The second kappa shape index (κ2) is 11.0. The van der Waals surface area contributed by atoms with Crippen LogP contribution >= 0.6 is 0 Å². The Morgan fingerprint density at radius 2 is 1.91 bits per heavy atom. The van der Waals surface area contributed by atoms with Crippen molar-refractivity contribution in [1.82, 2.24) is 15.3 Å². The second-order valence-electron chi connectivity index (χ2n) is 11.9. The number of benzene rings is 2. The van der Waals surface area contributed by atoms with Gasteiger partial charge in [0, 0.05) is 40.2 Å². The van der Waals surface area contributed by atoms with Crippen molar-refractivity contribution < 1.29 is 28.6 Å². The van der Waals surface area contributed by atoms with E-state index in [0.29, 0.717) is 33.9 Å². The molecular formula is C34H33FN4O5. The van der Waals surface area contributed by atoms with Crippen LogP contribution in [0.5, 0.6) is 11.5 Å². The highest BCUT2D eigenvalue weighted by Gasteiger charge is 2.45. The summed E-state index contributed by atoms with van der Waals surface area (Å²) in [5.74, 6) is -0.494. The summed E-state index contributed by atoms with van der Waals surface area (Å²) in [5.41, 5.74) is 7.60. The predicted molar refractivity (Wildman–Crippen MR) is 162 cm³/mol. The SMILES string of the molecule is Cc1ccncc1-c1ccc(C(=O)NC[C@](C)(O)c2cc3c(c(-c4ccc(F)cc4)n2)OC[C@]3(C)C(N)=O)cc1OC1CC1. The summed E-state index contributed by atoms with van der Waals surface area (Å²) in [5, 5.41) is 14.4. The molecule has 226 valence electrons. The molecule has 2 aromatic carbocycles. The molecule has 0 spiro atoms. The maximum absolute atomic E-state index is 13.7. The van der Waals surface area contributed by atoms with E-state index in [1.165, 1.54) is 19.1 Å². The number of halogens is 1. The first-order valence-corrected chi connectivity index (χ1v) is 14.4. The Hall–Kier alpha value is -4.83. The lowest BCUT2D eigenvalue weighted by molar-refractivity contribution is -0.123. The summed E-state index contributed by atoms with van der Waals surface area (Å²) in [6, 6.07) is 14.4. The standard InChI is InChI=1S/C34H33FN4O5/c1-19-12-13-37-16-25(19)24-11-6-21(14-27(24)44-23-9-10-23)31(40)38-17-34(3,42)28-15-26-30(43-18-33(26,2)32(36)41)29(39-28)20-4-7-22(35)8-5-20/h4-8,11-16,23,42H,9-10,17-18H2,1-3H3,(H2,36,41)(H,38,40)/t33-,34-/m0/s1. The molecule has 1 saturated carbocycles. The van der Waals surface area contributed by atoms with Crippen molar-refractivity contribution in [2.24, 2.45) is 5.73 Å². The summed E-state index contributed by atoms with van der Waals surface area (Å²) >= 11 is 0. The number of primary amides is 1. The van der Waals surface area contributed by atoms with E-state index in [4.69, 9.17) is 15.2 Å². The number of nitrogens with one attached hydrogen (secondary N) is 1. The van der Waals surface area contributed by atoms with Crippen molar-refractivity contribution in [3.05, 3.63) is 95.2 Å². The molecule has 2 aromatic heterocycles. The molecule has 0 radical (unpaired) electrons. The summed E-state index contributed by atoms with van der Waals surface area (Å²) in [6.45, 7) is 4.97. The van der Waals surface area contributed by atoms with Crippen molar-refractivity contribution in [3.63, 3.8) is 0 Å². The van der Waals surface area contributed by atoms with Gasteiger partial charge in [-0.15, -0.1) is 0 Å². The maximum Gasteiger partial charge on any atom is 0.251 e. The van der Waals surface area contributed by atoms with Gasteiger partial charge in [-0.3, -0.25) is 14.6 Å². The third-order valence-corrected chi connectivity index (χ3v) is 8.27. The zero-order valence-corrected chi connectivity index (χ0v) is 24.7. The van der Waals surface area contributed by atoms with Gasteiger partial charge in [0.25, 0.3) is 5.91 Å². The number of ether oxygens (including phenoxy) is 2.